The number of likely N-dealkylation sites (tertiary alicyclic amines) is 1. The van der Waals surface area contributed by atoms with E-state index < -0.39 is 0 Å². The minimum absolute atomic E-state index is 0.0145. The quantitative estimate of drug-likeness (QED) is 0.789. The topological polar surface area (TPSA) is 62.5 Å². The van der Waals surface area contributed by atoms with E-state index in [1.165, 1.54) is 5.56 Å². The fraction of sp³-hybridized carbons (Fsp3) is 0.350. The maximum Gasteiger partial charge on any atom is 0.274 e. The Morgan fingerprint density at radius 2 is 2.19 bits per heavy atom. The number of nitrogens with zero attached hydrogens (tertiary/aromatic N) is 4. The van der Waals surface area contributed by atoms with Crippen LogP contribution < -0.4 is 5.32 Å². The molecule has 3 aromatic heterocycles. The first-order valence-electron chi connectivity index (χ1n) is 9.03. The van der Waals surface area contributed by atoms with Gasteiger partial charge in [-0.05, 0) is 49.6 Å². The Labute approximate surface area is 152 Å². The number of hydrogen-bond acceptors (Lipinski definition) is 4. The van der Waals surface area contributed by atoms with Gasteiger partial charge in [-0.1, -0.05) is 6.07 Å². The van der Waals surface area contributed by atoms with Crippen LogP contribution in [0.5, 0.6) is 0 Å². The Balaban J connectivity index is 1.56. The minimum Gasteiger partial charge on any atom is -0.373 e. The normalized spacial score (nSPS) is 17.5. The van der Waals surface area contributed by atoms with E-state index in [4.69, 9.17) is 0 Å². The molecule has 26 heavy (non-hydrogen) atoms. The highest BCUT2D eigenvalue weighted by Gasteiger charge is 2.27. The Bertz CT molecular complexity index is 948. The third kappa shape index (κ3) is 3.03. The molecule has 134 valence electrons. The monoisotopic (exact) mass is 349 g/mol. The lowest BCUT2D eigenvalue weighted by atomic mass is 9.91. The number of carbonyl (C=O) groups excluding carboxylic acids is 1. The molecule has 1 N–H and O–H groups in total. The fourth-order valence-corrected chi connectivity index (χ4v) is 3.68. The highest BCUT2D eigenvalue weighted by molar-refractivity contribution is 5.93. The van der Waals surface area contributed by atoms with Gasteiger partial charge in [0.05, 0.1) is 0 Å². The molecule has 1 unspecified atom stereocenters. The Morgan fingerprint density at radius 1 is 1.31 bits per heavy atom. The summed E-state index contributed by atoms with van der Waals surface area (Å²) >= 11 is 0. The molecule has 1 aliphatic rings. The van der Waals surface area contributed by atoms with Crippen LogP contribution in [0.4, 0.5) is 5.82 Å². The van der Waals surface area contributed by atoms with Crippen LogP contribution in [0.1, 0.15) is 40.5 Å². The van der Waals surface area contributed by atoms with Crippen LogP contribution in [0.2, 0.25) is 0 Å². The van der Waals surface area contributed by atoms with Gasteiger partial charge in [0.25, 0.3) is 5.91 Å². The molecule has 0 aromatic carbocycles. The summed E-state index contributed by atoms with van der Waals surface area (Å²) < 4.78 is 1.97. The third-order valence-corrected chi connectivity index (χ3v) is 5.14. The molecule has 1 saturated heterocycles. The minimum atomic E-state index is 0.0145. The van der Waals surface area contributed by atoms with Crippen molar-refractivity contribution >= 4 is 17.4 Å². The van der Waals surface area contributed by atoms with E-state index in [1.54, 1.807) is 0 Å². The van der Waals surface area contributed by atoms with Gasteiger partial charge < -0.3 is 14.6 Å². The summed E-state index contributed by atoms with van der Waals surface area (Å²) in [6.07, 6.45) is 5.76. The molecule has 6 heteroatoms. The van der Waals surface area contributed by atoms with Crippen molar-refractivity contribution in [2.75, 3.05) is 25.5 Å². The number of carbonyl (C=O) groups is 1. The molecule has 0 spiro atoms. The van der Waals surface area contributed by atoms with Gasteiger partial charge in [-0.3, -0.25) is 4.79 Å². The Kier molecular flexibility index (Phi) is 4.32. The second kappa shape index (κ2) is 6.78. The third-order valence-electron chi connectivity index (χ3n) is 5.14. The predicted molar refractivity (Wildman–Crippen MR) is 102 cm³/mol. The largest absolute Gasteiger partial charge is 0.373 e. The molecule has 1 atom stereocenters. The molecule has 1 fully saturated rings. The highest BCUT2D eigenvalue weighted by atomic mass is 16.2. The van der Waals surface area contributed by atoms with Crippen molar-refractivity contribution in [3.63, 3.8) is 0 Å². The summed E-state index contributed by atoms with van der Waals surface area (Å²) in [5.41, 5.74) is 3.63. The van der Waals surface area contributed by atoms with Crippen LogP contribution in [0, 0.1) is 6.92 Å². The van der Waals surface area contributed by atoms with E-state index in [1.807, 2.05) is 59.9 Å². The molecule has 3 aromatic rings. The molecular formula is C20H23N5O. The van der Waals surface area contributed by atoms with Crippen LogP contribution in [-0.4, -0.2) is 45.3 Å². The van der Waals surface area contributed by atoms with Crippen molar-refractivity contribution < 1.29 is 4.79 Å². The van der Waals surface area contributed by atoms with Crippen molar-refractivity contribution in [1.29, 1.82) is 0 Å². The van der Waals surface area contributed by atoms with Crippen LogP contribution >= 0.6 is 0 Å². The molecule has 0 bridgehead atoms. The summed E-state index contributed by atoms with van der Waals surface area (Å²) in [7, 11) is 1.87. The number of hydrogen-bond donors (Lipinski definition) is 1. The first-order chi connectivity index (χ1) is 12.7. The zero-order chi connectivity index (χ0) is 18.1. The van der Waals surface area contributed by atoms with Gasteiger partial charge >= 0.3 is 0 Å². The van der Waals surface area contributed by atoms with E-state index in [-0.39, 0.29) is 5.91 Å². The van der Waals surface area contributed by atoms with E-state index in [0.717, 1.165) is 43.1 Å². The Hall–Kier alpha value is -2.89. The lowest BCUT2D eigenvalue weighted by Crippen LogP contribution is -2.39. The number of pyridine rings is 2. The van der Waals surface area contributed by atoms with E-state index in [0.29, 0.717) is 11.6 Å². The first kappa shape index (κ1) is 16.6. The highest BCUT2D eigenvalue weighted by Crippen LogP contribution is 2.28. The molecule has 4 rings (SSSR count). The van der Waals surface area contributed by atoms with Gasteiger partial charge in [0.15, 0.2) is 0 Å². The smallest absolute Gasteiger partial charge is 0.274 e. The van der Waals surface area contributed by atoms with Crippen molar-refractivity contribution in [3.8, 4) is 0 Å². The number of aryl methyl sites for hydroxylation is 1. The molecule has 4 heterocycles. The van der Waals surface area contributed by atoms with E-state index in [9.17, 15) is 4.79 Å². The zero-order valence-corrected chi connectivity index (χ0v) is 15.1. The Morgan fingerprint density at radius 3 is 3.00 bits per heavy atom. The number of amides is 1. The lowest BCUT2D eigenvalue weighted by molar-refractivity contribution is 0.0702. The van der Waals surface area contributed by atoms with Gasteiger partial charge in [0.2, 0.25) is 0 Å². The predicted octanol–water partition coefficient (Wildman–Crippen LogP) is 3.10. The molecular weight excluding hydrogens is 326 g/mol. The summed E-state index contributed by atoms with van der Waals surface area (Å²) in [6.45, 7) is 3.52. The second-order valence-corrected chi connectivity index (χ2v) is 6.84. The fourth-order valence-electron chi connectivity index (χ4n) is 3.68. The maximum absolute atomic E-state index is 13.0. The zero-order valence-electron chi connectivity index (χ0n) is 15.1. The number of anilines is 1. The van der Waals surface area contributed by atoms with E-state index >= 15 is 0 Å². The molecule has 0 aliphatic carbocycles. The first-order valence-corrected chi connectivity index (χ1v) is 9.03. The van der Waals surface area contributed by atoms with Crippen molar-refractivity contribution in [2.45, 2.75) is 25.7 Å². The molecule has 0 saturated carbocycles. The van der Waals surface area contributed by atoms with Crippen LogP contribution in [0.25, 0.3) is 5.65 Å². The van der Waals surface area contributed by atoms with Gasteiger partial charge in [0.1, 0.15) is 17.2 Å². The SMILES string of the molecule is CNc1cc(C2CCCN(C(=O)c3cn4c(C)cccc4n3)C2)ccn1. The molecule has 1 aliphatic heterocycles. The number of piperidine rings is 1. The van der Waals surface area contributed by atoms with Crippen LogP contribution in [0.3, 0.4) is 0 Å². The summed E-state index contributed by atoms with van der Waals surface area (Å²) in [6, 6.07) is 10.0. The standard InChI is InChI=1S/C20H23N5O/c1-14-5-3-7-19-23-17(13-25(14)19)20(26)24-10-4-6-16(12-24)15-8-9-22-18(11-15)21-2/h3,5,7-9,11,13,16H,4,6,10,12H2,1-2H3,(H,21,22). The van der Waals surface area contributed by atoms with Crippen molar-refractivity contribution in [3.05, 3.63) is 59.7 Å². The number of imidazole rings is 1. The van der Waals surface area contributed by atoms with Crippen molar-refractivity contribution in [2.24, 2.45) is 0 Å². The molecule has 0 radical (unpaired) electrons. The number of nitrogens with one attached hydrogen (secondary N) is 1. The maximum atomic E-state index is 13.0. The summed E-state index contributed by atoms with van der Waals surface area (Å²) in [5.74, 6) is 1.21. The molecule has 6 nitrogen and oxygen atoms in total. The van der Waals surface area contributed by atoms with Gasteiger partial charge in [-0.15, -0.1) is 0 Å². The van der Waals surface area contributed by atoms with Crippen molar-refractivity contribution in [1.82, 2.24) is 19.3 Å². The van der Waals surface area contributed by atoms with Gasteiger partial charge in [-0.2, -0.15) is 0 Å². The average molecular weight is 349 g/mol. The van der Waals surface area contributed by atoms with E-state index in [2.05, 4.69) is 21.4 Å². The van der Waals surface area contributed by atoms with Crippen LogP contribution in [-0.2, 0) is 0 Å². The van der Waals surface area contributed by atoms with Gasteiger partial charge in [0, 0.05) is 44.1 Å². The summed E-state index contributed by atoms with van der Waals surface area (Å²) in [4.78, 5) is 23.7. The second-order valence-electron chi connectivity index (χ2n) is 6.84. The average Bonchev–Trinajstić information content (AvgIpc) is 3.13. The van der Waals surface area contributed by atoms with Crippen LogP contribution in [0.15, 0.2) is 42.7 Å². The number of rotatable bonds is 3. The number of fused-ring (bicyclic) bond motifs is 1. The number of aromatic nitrogens is 3. The molecule has 1 amide bonds. The lowest BCUT2D eigenvalue weighted by Gasteiger charge is -2.32. The van der Waals surface area contributed by atoms with Gasteiger partial charge in [-0.25, -0.2) is 9.97 Å². The summed E-state index contributed by atoms with van der Waals surface area (Å²) in [5, 5.41) is 3.08.